The maximum Gasteiger partial charge on any atom is 0.169 e. The molecule has 12 heavy (non-hydrogen) atoms. The van der Waals surface area contributed by atoms with Gasteiger partial charge in [-0.1, -0.05) is 25.3 Å². The van der Waals surface area contributed by atoms with Crippen LogP contribution in [0.5, 0.6) is 0 Å². The summed E-state index contributed by atoms with van der Waals surface area (Å²) < 4.78 is 0. The number of carbonyl (C=O) groups excluding carboxylic acids is 1. The molecule has 0 fully saturated rings. The molecule has 0 unspecified atom stereocenters. The standard InChI is InChI=1S/C10H10OS/c1-4-8-6-10(7(3)11)12-9(8)5-2/h4-6H,1-2H2,3H3. The molecule has 0 aliphatic rings. The largest absolute Gasteiger partial charge is 0.294 e. The van der Waals surface area contributed by atoms with Crippen LogP contribution >= 0.6 is 11.3 Å². The number of thiophene rings is 1. The summed E-state index contributed by atoms with van der Waals surface area (Å²) in [4.78, 5) is 12.8. The third-order valence-corrected chi connectivity index (χ3v) is 2.79. The maximum absolute atomic E-state index is 11.0. The van der Waals surface area contributed by atoms with Crippen LogP contribution in [-0.4, -0.2) is 5.78 Å². The summed E-state index contributed by atoms with van der Waals surface area (Å²) in [5.41, 5.74) is 0.986. The van der Waals surface area contributed by atoms with Crippen LogP contribution in [0, 0.1) is 0 Å². The minimum atomic E-state index is 0.0937. The Morgan fingerprint density at radius 2 is 2.17 bits per heavy atom. The average Bonchev–Trinajstić information content (AvgIpc) is 2.46. The van der Waals surface area contributed by atoms with Gasteiger partial charge in [0.25, 0.3) is 0 Å². The third kappa shape index (κ3) is 1.53. The van der Waals surface area contributed by atoms with E-state index in [0.29, 0.717) is 0 Å². The van der Waals surface area contributed by atoms with Crippen molar-refractivity contribution in [2.24, 2.45) is 0 Å². The zero-order chi connectivity index (χ0) is 9.14. The molecule has 0 amide bonds. The van der Waals surface area contributed by atoms with Crippen molar-refractivity contribution >= 4 is 29.3 Å². The number of Topliss-reactive ketones (excluding diaryl/α,β-unsaturated/α-hetero) is 1. The highest BCUT2D eigenvalue weighted by atomic mass is 32.1. The van der Waals surface area contributed by atoms with E-state index >= 15 is 0 Å². The predicted molar refractivity (Wildman–Crippen MR) is 54.5 cm³/mol. The quantitative estimate of drug-likeness (QED) is 0.649. The molecule has 0 saturated carbocycles. The van der Waals surface area contributed by atoms with E-state index in [2.05, 4.69) is 13.2 Å². The Balaban J connectivity index is 3.22. The highest BCUT2D eigenvalue weighted by molar-refractivity contribution is 7.15. The van der Waals surface area contributed by atoms with Crippen molar-refractivity contribution in [3.05, 3.63) is 34.5 Å². The monoisotopic (exact) mass is 178 g/mol. The SMILES string of the molecule is C=Cc1cc(C(C)=O)sc1C=C. The van der Waals surface area contributed by atoms with E-state index in [4.69, 9.17) is 0 Å². The van der Waals surface area contributed by atoms with E-state index in [1.807, 2.05) is 6.07 Å². The second-order valence-corrected chi connectivity index (χ2v) is 3.48. The normalized spacial score (nSPS) is 9.42. The molecule has 1 nitrogen and oxygen atoms in total. The van der Waals surface area contributed by atoms with Crippen LogP contribution in [0.25, 0.3) is 12.2 Å². The first-order valence-corrected chi connectivity index (χ1v) is 4.40. The maximum atomic E-state index is 11.0. The molecule has 1 rings (SSSR count). The van der Waals surface area contributed by atoms with Crippen molar-refractivity contribution in [2.45, 2.75) is 6.92 Å². The molecule has 0 aliphatic carbocycles. The summed E-state index contributed by atoms with van der Waals surface area (Å²) in [5, 5.41) is 0. The highest BCUT2D eigenvalue weighted by Gasteiger charge is 2.06. The summed E-state index contributed by atoms with van der Waals surface area (Å²) in [7, 11) is 0. The van der Waals surface area contributed by atoms with Crippen molar-refractivity contribution in [1.29, 1.82) is 0 Å². The fourth-order valence-corrected chi connectivity index (χ4v) is 1.82. The average molecular weight is 178 g/mol. The van der Waals surface area contributed by atoms with Crippen LogP contribution in [0.4, 0.5) is 0 Å². The number of hydrogen-bond acceptors (Lipinski definition) is 2. The van der Waals surface area contributed by atoms with Crippen LogP contribution in [-0.2, 0) is 0 Å². The zero-order valence-corrected chi connectivity index (χ0v) is 7.78. The molecule has 0 saturated heterocycles. The topological polar surface area (TPSA) is 17.1 Å². The van der Waals surface area contributed by atoms with Crippen LogP contribution < -0.4 is 0 Å². The molecule has 0 aliphatic heterocycles. The minimum absolute atomic E-state index is 0.0937. The molecule has 0 bridgehead atoms. The number of carbonyl (C=O) groups is 1. The molecular weight excluding hydrogens is 168 g/mol. The van der Waals surface area contributed by atoms with E-state index in [1.165, 1.54) is 11.3 Å². The summed E-state index contributed by atoms with van der Waals surface area (Å²) >= 11 is 1.45. The Kier molecular flexibility index (Phi) is 2.61. The van der Waals surface area contributed by atoms with Gasteiger partial charge in [-0.15, -0.1) is 11.3 Å². The summed E-state index contributed by atoms with van der Waals surface area (Å²) in [5.74, 6) is 0.0937. The third-order valence-electron chi connectivity index (χ3n) is 1.54. The minimum Gasteiger partial charge on any atom is -0.294 e. The molecule has 62 valence electrons. The lowest BCUT2D eigenvalue weighted by Crippen LogP contribution is -1.83. The van der Waals surface area contributed by atoms with Crippen molar-refractivity contribution in [2.75, 3.05) is 0 Å². The van der Waals surface area contributed by atoms with Gasteiger partial charge in [-0.05, 0) is 18.6 Å². The Morgan fingerprint density at radius 3 is 2.50 bits per heavy atom. The molecule has 2 heteroatoms. The van der Waals surface area contributed by atoms with Crippen molar-refractivity contribution < 1.29 is 4.79 Å². The molecule has 1 aromatic heterocycles. The van der Waals surface area contributed by atoms with Crippen LogP contribution in [0.3, 0.4) is 0 Å². The Morgan fingerprint density at radius 1 is 1.50 bits per heavy atom. The molecular formula is C10H10OS. The van der Waals surface area contributed by atoms with E-state index in [0.717, 1.165) is 15.3 Å². The molecule has 1 aromatic rings. The lowest BCUT2D eigenvalue weighted by atomic mass is 10.2. The van der Waals surface area contributed by atoms with Gasteiger partial charge in [0.15, 0.2) is 5.78 Å². The summed E-state index contributed by atoms with van der Waals surface area (Å²) in [6.07, 6.45) is 3.48. The Labute approximate surface area is 76.0 Å². The van der Waals surface area contributed by atoms with Gasteiger partial charge in [0.2, 0.25) is 0 Å². The molecule has 0 radical (unpaired) electrons. The second-order valence-electron chi connectivity index (χ2n) is 2.39. The second kappa shape index (κ2) is 3.50. The molecule has 1 heterocycles. The first kappa shape index (κ1) is 8.94. The van der Waals surface area contributed by atoms with E-state index < -0.39 is 0 Å². The van der Waals surface area contributed by atoms with Crippen molar-refractivity contribution in [1.82, 2.24) is 0 Å². The number of hydrogen-bond donors (Lipinski definition) is 0. The van der Waals surface area contributed by atoms with Gasteiger partial charge in [0.05, 0.1) is 4.88 Å². The molecule has 0 spiro atoms. The summed E-state index contributed by atoms with van der Waals surface area (Å²) in [6, 6.07) is 1.84. The van der Waals surface area contributed by atoms with E-state index in [9.17, 15) is 4.79 Å². The highest BCUT2D eigenvalue weighted by Crippen LogP contribution is 2.24. The first-order chi connectivity index (χ1) is 5.69. The molecule has 0 aromatic carbocycles. The Bertz CT molecular complexity index is 308. The van der Waals surface area contributed by atoms with E-state index in [1.54, 1.807) is 19.1 Å². The van der Waals surface area contributed by atoms with Gasteiger partial charge in [-0.25, -0.2) is 0 Å². The fourth-order valence-electron chi connectivity index (χ4n) is 0.912. The van der Waals surface area contributed by atoms with Gasteiger partial charge in [0, 0.05) is 4.88 Å². The lowest BCUT2D eigenvalue weighted by molar-refractivity contribution is 0.102. The van der Waals surface area contributed by atoms with Crippen LogP contribution in [0.2, 0.25) is 0 Å². The van der Waals surface area contributed by atoms with Gasteiger partial charge in [-0.2, -0.15) is 0 Å². The van der Waals surface area contributed by atoms with Crippen molar-refractivity contribution in [3.8, 4) is 0 Å². The first-order valence-electron chi connectivity index (χ1n) is 3.58. The molecule has 0 atom stereocenters. The zero-order valence-electron chi connectivity index (χ0n) is 6.96. The van der Waals surface area contributed by atoms with Crippen molar-refractivity contribution in [3.63, 3.8) is 0 Å². The molecule has 0 N–H and O–H groups in total. The van der Waals surface area contributed by atoms with Gasteiger partial charge in [-0.3, -0.25) is 4.79 Å². The van der Waals surface area contributed by atoms with Gasteiger partial charge in [0.1, 0.15) is 0 Å². The van der Waals surface area contributed by atoms with Gasteiger partial charge < -0.3 is 0 Å². The van der Waals surface area contributed by atoms with E-state index in [-0.39, 0.29) is 5.78 Å². The fraction of sp³-hybridized carbons (Fsp3) is 0.100. The number of ketones is 1. The lowest BCUT2D eigenvalue weighted by Gasteiger charge is -1.85. The van der Waals surface area contributed by atoms with Crippen LogP contribution in [0.1, 0.15) is 27.0 Å². The summed E-state index contributed by atoms with van der Waals surface area (Å²) in [6.45, 7) is 8.88. The number of rotatable bonds is 3. The Hall–Kier alpha value is -1.15. The van der Waals surface area contributed by atoms with Gasteiger partial charge >= 0.3 is 0 Å². The van der Waals surface area contributed by atoms with Crippen LogP contribution in [0.15, 0.2) is 19.2 Å². The predicted octanol–water partition coefficient (Wildman–Crippen LogP) is 3.24. The smallest absolute Gasteiger partial charge is 0.169 e.